The molecule has 2 bridgehead atoms. The number of hydrogen-bond acceptors (Lipinski definition) is 7. The van der Waals surface area contributed by atoms with Crippen molar-refractivity contribution in [2.24, 2.45) is 17.8 Å². The molecule has 2 saturated heterocycles. The summed E-state index contributed by atoms with van der Waals surface area (Å²) < 4.78 is 0. The fourth-order valence-corrected chi connectivity index (χ4v) is 6.17. The largest absolute Gasteiger partial charge is 0.343 e. The molecular weight excluding hydrogens is 490 g/mol. The summed E-state index contributed by atoms with van der Waals surface area (Å²) >= 11 is 0. The Labute approximate surface area is 215 Å². The average molecular weight is 530 g/mol. The van der Waals surface area contributed by atoms with Gasteiger partial charge in [0.1, 0.15) is 30.2 Å². The first kappa shape index (κ1) is 29.3. The maximum Gasteiger partial charge on any atom is 0.244 e. The highest BCUT2D eigenvalue weighted by atomic mass is 33.1. The minimum absolute atomic E-state index is 0.0924. The van der Waals surface area contributed by atoms with Crippen LogP contribution in [0, 0.1) is 17.8 Å². The average Bonchev–Trinajstić information content (AvgIpc) is 2.77. The Morgan fingerprint density at radius 3 is 1.69 bits per heavy atom. The molecule has 0 radical (unpaired) electrons. The van der Waals surface area contributed by atoms with Gasteiger partial charge in [0.2, 0.25) is 29.5 Å². The van der Waals surface area contributed by atoms with Gasteiger partial charge in [0.25, 0.3) is 0 Å². The lowest BCUT2D eigenvalue weighted by Gasteiger charge is -2.29. The van der Waals surface area contributed by atoms with E-state index in [2.05, 4.69) is 26.6 Å². The zero-order chi connectivity index (χ0) is 26.3. The number of rotatable bonds is 5. The zero-order valence-corrected chi connectivity index (χ0v) is 22.9. The molecule has 5 N–H and O–H groups in total. The monoisotopic (exact) mass is 529 g/mol. The topological polar surface area (TPSA) is 146 Å². The van der Waals surface area contributed by atoms with Gasteiger partial charge in [-0.3, -0.25) is 24.0 Å². The van der Waals surface area contributed by atoms with E-state index in [0.717, 1.165) is 0 Å². The first-order valence-corrected chi connectivity index (χ1v) is 14.7. The SMILES string of the molecule is CC[C@H](C)[C@@H]1NC(=O)[C@@H](CC(C)C)NC(=O)[C@H](C(C)C)NC(=O)[C@@H]2CSSC[C@@H](NC1=O)C(=O)N2. The molecule has 0 spiro atoms. The van der Waals surface area contributed by atoms with E-state index in [4.69, 9.17) is 0 Å². The van der Waals surface area contributed by atoms with Gasteiger partial charge in [-0.05, 0) is 24.2 Å². The van der Waals surface area contributed by atoms with Crippen LogP contribution in [0.4, 0.5) is 0 Å². The molecule has 35 heavy (non-hydrogen) atoms. The van der Waals surface area contributed by atoms with Crippen molar-refractivity contribution in [1.29, 1.82) is 0 Å². The first-order chi connectivity index (χ1) is 16.4. The standard InChI is InChI=1S/C23H39N5O5S2/c1-7-13(6)18-23(33)26-15-9-34-35-10-16(25-20(15)30)21(31)27-17(12(4)5)22(32)24-14(8-11(2)3)19(29)28-18/h11-18H,7-10H2,1-6H3,(H,24,32)(H,25,30)(H,26,33)(H,27,31)(H,28,29)/t13-,14+,15+,16-,17-,18-/m0/s1. The van der Waals surface area contributed by atoms with Gasteiger partial charge in [-0.2, -0.15) is 0 Å². The minimum Gasteiger partial charge on any atom is -0.343 e. The molecule has 6 atom stereocenters. The van der Waals surface area contributed by atoms with Crippen molar-refractivity contribution in [3.63, 3.8) is 0 Å². The zero-order valence-electron chi connectivity index (χ0n) is 21.3. The van der Waals surface area contributed by atoms with E-state index < -0.39 is 59.7 Å². The number of carbonyl (C=O) groups excluding carboxylic acids is 5. The predicted molar refractivity (Wildman–Crippen MR) is 138 cm³/mol. The summed E-state index contributed by atoms with van der Waals surface area (Å²) in [4.78, 5) is 65.8. The Bertz CT molecular complexity index is 809. The van der Waals surface area contributed by atoms with E-state index in [1.165, 1.54) is 21.6 Å². The third-order valence-electron chi connectivity index (χ3n) is 6.20. The molecule has 2 heterocycles. The van der Waals surface area contributed by atoms with Crippen molar-refractivity contribution >= 4 is 51.1 Å². The molecule has 0 aromatic heterocycles. The summed E-state index contributed by atoms with van der Waals surface area (Å²) in [5.74, 6) is -2.10. The molecule has 2 aliphatic heterocycles. The molecule has 2 fully saturated rings. The summed E-state index contributed by atoms with van der Waals surface area (Å²) in [5.41, 5.74) is 0. The number of carbonyl (C=O) groups is 5. The van der Waals surface area contributed by atoms with Gasteiger partial charge in [-0.1, -0.05) is 69.6 Å². The Balaban J connectivity index is 2.49. The number of hydrogen-bond donors (Lipinski definition) is 5. The van der Waals surface area contributed by atoms with Gasteiger partial charge in [-0.15, -0.1) is 0 Å². The second kappa shape index (κ2) is 13.4. The van der Waals surface area contributed by atoms with E-state index in [-0.39, 0.29) is 17.8 Å². The van der Waals surface area contributed by atoms with E-state index in [1.54, 1.807) is 13.8 Å². The van der Waals surface area contributed by atoms with Gasteiger partial charge in [0, 0.05) is 11.5 Å². The lowest BCUT2D eigenvalue weighted by molar-refractivity contribution is -0.135. The highest BCUT2D eigenvalue weighted by Crippen LogP contribution is 2.25. The van der Waals surface area contributed by atoms with E-state index in [1.807, 2.05) is 27.7 Å². The normalized spacial score (nSPS) is 30.2. The quantitative estimate of drug-likeness (QED) is 0.327. The smallest absolute Gasteiger partial charge is 0.244 e. The van der Waals surface area contributed by atoms with Gasteiger partial charge in [-0.25, -0.2) is 0 Å². The van der Waals surface area contributed by atoms with Gasteiger partial charge in [0.05, 0.1) is 0 Å². The molecule has 0 unspecified atom stereocenters. The molecule has 10 nitrogen and oxygen atoms in total. The van der Waals surface area contributed by atoms with Crippen molar-refractivity contribution in [2.75, 3.05) is 11.5 Å². The summed E-state index contributed by atoms with van der Waals surface area (Å²) in [5, 5.41) is 13.9. The third-order valence-corrected chi connectivity index (χ3v) is 8.62. The van der Waals surface area contributed by atoms with Gasteiger partial charge < -0.3 is 26.6 Å². The first-order valence-electron chi connectivity index (χ1n) is 12.2. The predicted octanol–water partition coefficient (Wildman–Crippen LogP) is 0.567. The Kier molecular flexibility index (Phi) is 11.2. The number of fused-ring (bicyclic) bond motifs is 3. The van der Waals surface area contributed by atoms with Crippen molar-refractivity contribution in [2.45, 2.75) is 84.6 Å². The molecule has 0 saturated carbocycles. The number of amides is 5. The molecule has 198 valence electrons. The molecule has 2 aliphatic rings. The van der Waals surface area contributed by atoms with Crippen molar-refractivity contribution in [3.05, 3.63) is 0 Å². The van der Waals surface area contributed by atoms with Crippen LogP contribution in [-0.2, 0) is 24.0 Å². The van der Waals surface area contributed by atoms with Crippen LogP contribution < -0.4 is 26.6 Å². The van der Waals surface area contributed by atoms with Crippen molar-refractivity contribution in [1.82, 2.24) is 26.6 Å². The van der Waals surface area contributed by atoms with Gasteiger partial charge >= 0.3 is 0 Å². The van der Waals surface area contributed by atoms with Crippen LogP contribution in [0.15, 0.2) is 0 Å². The third kappa shape index (κ3) is 8.30. The fourth-order valence-electron chi connectivity index (χ4n) is 3.84. The summed E-state index contributed by atoms with van der Waals surface area (Å²) in [6.45, 7) is 11.2. The molecule has 0 aromatic carbocycles. The second-order valence-corrected chi connectivity index (χ2v) is 12.5. The Morgan fingerprint density at radius 1 is 0.686 bits per heavy atom. The van der Waals surface area contributed by atoms with Crippen molar-refractivity contribution in [3.8, 4) is 0 Å². The minimum atomic E-state index is -0.893. The number of nitrogens with one attached hydrogen (secondary N) is 5. The maximum atomic E-state index is 13.3. The van der Waals surface area contributed by atoms with Crippen LogP contribution in [-0.4, -0.2) is 71.3 Å². The van der Waals surface area contributed by atoms with E-state index in [9.17, 15) is 24.0 Å². The Morgan fingerprint density at radius 2 is 1.17 bits per heavy atom. The van der Waals surface area contributed by atoms with Crippen LogP contribution in [0.25, 0.3) is 0 Å². The van der Waals surface area contributed by atoms with Crippen molar-refractivity contribution < 1.29 is 24.0 Å². The summed E-state index contributed by atoms with van der Waals surface area (Å²) in [6.07, 6.45) is 0.987. The van der Waals surface area contributed by atoms with Crippen LogP contribution in [0.1, 0.15) is 54.4 Å². The lowest BCUT2D eigenvalue weighted by Crippen LogP contribution is -2.60. The molecular formula is C23H39N5O5S2. The lowest BCUT2D eigenvalue weighted by atomic mass is 9.96. The molecule has 0 aromatic rings. The van der Waals surface area contributed by atoms with Crippen LogP contribution in [0.3, 0.4) is 0 Å². The second-order valence-electron chi connectivity index (χ2n) is 9.98. The fraction of sp³-hybridized carbons (Fsp3) is 0.783. The summed E-state index contributed by atoms with van der Waals surface area (Å²) in [6, 6.07) is -4.38. The molecule has 2 rings (SSSR count). The highest BCUT2D eigenvalue weighted by Gasteiger charge is 2.37. The Hall–Kier alpha value is -1.95. The highest BCUT2D eigenvalue weighted by molar-refractivity contribution is 8.76. The van der Waals surface area contributed by atoms with Crippen LogP contribution in [0.2, 0.25) is 0 Å². The van der Waals surface area contributed by atoms with Crippen LogP contribution >= 0.6 is 21.6 Å². The summed E-state index contributed by atoms with van der Waals surface area (Å²) in [7, 11) is 2.80. The van der Waals surface area contributed by atoms with E-state index in [0.29, 0.717) is 24.3 Å². The molecule has 12 heteroatoms. The molecule has 5 amide bonds. The van der Waals surface area contributed by atoms with E-state index >= 15 is 0 Å². The van der Waals surface area contributed by atoms with Crippen LogP contribution in [0.5, 0.6) is 0 Å². The molecule has 0 aliphatic carbocycles. The van der Waals surface area contributed by atoms with Gasteiger partial charge in [0.15, 0.2) is 0 Å². The maximum absolute atomic E-state index is 13.3.